The van der Waals surface area contributed by atoms with Gasteiger partial charge in [0.05, 0.1) is 12.3 Å². The molecule has 0 aliphatic rings. The molecule has 1 aromatic carbocycles. The molecule has 1 heterocycles. The van der Waals surface area contributed by atoms with Gasteiger partial charge in [-0.3, -0.25) is 4.79 Å². The molecule has 0 bridgehead atoms. The molecule has 2 aromatic rings. The summed E-state index contributed by atoms with van der Waals surface area (Å²) in [6.07, 6.45) is 1.67. The summed E-state index contributed by atoms with van der Waals surface area (Å²) in [5.74, 6) is -0.200. The largest absolute Gasteiger partial charge is 0.392 e. The van der Waals surface area contributed by atoms with Crippen LogP contribution in [-0.4, -0.2) is 20.6 Å². The quantitative estimate of drug-likeness (QED) is 0.879. The fraction of sp³-hybridized carbons (Fsp3) is 0.308. The Morgan fingerprint density at radius 1 is 1.47 bits per heavy atom. The van der Waals surface area contributed by atoms with E-state index in [1.807, 2.05) is 6.92 Å². The molecule has 19 heavy (non-hydrogen) atoms. The number of benzene rings is 1. The van der Waals surface area contributed by atoms with Gasteiger partial charge in [0.25, 0.3) is 5.91 Å². The second-order valence-corrected chi connectivity index (χ2v) is 4.87. The van der Waals surface area contributed by atoms with Gasteiger partial charge in [0.2, 0.25) is 0 Å². The van der Waals surface area contributed by atoms with Crippen LogP contribution in [0.4, 0.5) is 5.69 Å². The lowest BCUT2D eigenvalue weighted by atomic mass is 10.2. The summed E-state index contributed by atoms with van der Waals surface area (Å²) in [6.45, 7) is 1.98. The molecule has 0 fully saturated rings. The molecule has 2 rings (SSSR count). The molecule has 0 radical (unpaired) electrons. The van der Waals surface area contributed by atoms with Crippen molar-refractivity contribution in [3.8, 4) is 0 Å². The number of amides is 1. The van der Waals surface area contributed by atoms with E-state index in [0.717, 1.165) is 35.6 Å². The number of aliphatic hydroxyl groups excluding tert-OH is 1. The molecule has 0 saturated heterocycles. The summed E-state index contributed by atoms with van der Waals surface area (Å²) < 4.78 is 3.83. The number of carbonyl (C=O) groups is 1. The van der Waals surface area contributed by atoms with Crippen molar-refractivity contribution in [1.82, 2.24) is 9.59 Å². The highest BCUT2D eigenvalue weighted by Gasteiger charge is 2.15. The van der Waals surface area contributed by atoms with Crippen LogP contribution in [0.3, 0.4) is 0 Å². The highest BCUT2D eigenvalue weighted by atomic mass is 32.1. The minimum atomic E-state index is -0.200. The van der Waals surface area contributed by atoms with Crippen LogP contribution in [0.5, 0.6) is 0 Å². The van der Waals surface area contributed by atoms with Gasteiger partial charge in [-0.2, -0.15) is 0 Å². The normalized spacial score (nSPS) is 10.4. The highest BCUT2D eigenvalue weighted by Crippen LogP contribution is 2.16. The minimum absolute atomic E-state index is 0.0487. The maximum absolute atomic E-state index is 12.1. The van der Waals surface area contributed by atoms with Crippen LogP contribution < -0.4 is 5.32 Å². The van der Waals surface area contributed by atoms with E-state index < -0.39 is 0 Å². The Morgan fingerprint density at radius 2 is 2.32 bits per heavy atom. The summed E-state index contributed by atoms with van der Waals surface area (Å²) in [4.78, 5) is 12.7. The molecule has 6 heteroatoms. The number of aryl methyl sites for hydroxylation is 1. The van der Waals surface area contributed by atoms with Crippen LogP contribution in [0.15, 0.2) is 24.3 Å². The van der Waals surface area contributed by atoms with Crippen LogP contribution >= 0.6 is 11.5 Å². The first-order valence-electron chi connectivity index (χ1n) is 6.07. The second kappa shape index (κ2) is 6.40. The monoisotopic (exact) mass is 277 g/mol. The van der Waals surface area contributed by atoms with Crippen molar-refractivity contribution < 1.29 is 9.90 Å². The van der Waals surface area contributed by atoms with Crippen LogP contribution in [0.25, 0.3) is 0 Å². The third kappa shape index (κ3) is 3.36. The van der Waals surface area contributed by atoms with Gasteiger partial charge in [-0.15, -0.1) is 5.10 Å². The summed E-state index contributed by atoms with van der Waals surface area (Å²) >= 11 is 1.10. The summed E-state index contributed by atoms with van der Waals surface area (Å²) in [5, 5.41) is 15.8. The van der Waals surface area contributed by atoms with Gasteiger partial charge in [0.15, 0.2) is 0 Å². The maximum Gasteiger partial charge on any atom is 0.269 e. The number of aliphatic hydroxyl groups is 1. The average molecular weight is 277 g/mol. The third-order valence-electron chi connectivity index (χ3n) is 2.62. The summed E-state index contributed by atoms with van der Waals surface area (Å²) in [5.41, 5.74) is 2.16. The fourth-order valence-electron chi connectivity index (χ4n) is 1.72. The van der Waals surface area contributed by atoms with E-state index in [9.17, 15) is 4.79 Å². The smallest absolute Gasteiger partial charge is 0.269 e. The van der Waals surface area contributed by atoms with Gasteiger partial charge in [-0.1, -0.05) is 30.0 Å². The van der Waals surface area contributed by atoms with E-state index >= 15 is 0 Å². The van der Waals surface area contributed by atoms with Gasteiger partial charge in [0.1, 0.15) is 4.88 Å². The molecule has 5 nitrogen and oxygen atoms in total. The zero-order valence-corrected chi connectivity index (χ0v) is 11.4. The van der Waals surface area contributed by atoms with Crippen molar-refractivity contribution in [2.75, 3.05) is 5.32 Å². The number of rotatable bonds is 5. The zero-order valence-electron chi connectivity index (χ0n) is 10.6. The number of hydrogen-bond donors (Lipinski definition) is 2. The second-order valence-electron chi connectivity index (χ2n) is 4.11. The van der Waals surface area contributed by atoms with E-state index in [1.54, 1.807) is 24.3 Å². The molecule has 1 aromatic heterocycles. The molecule has 2 N–H and O–H groups in total. The predicted molar refractivity (Wildman–Crippen MR) is 74.2 cm³/mol. The highest BCUT2D eigenvalue weighted by molar-refractivity contribution is 7.08. The van der Waals surface area contributed by atoms with Crippen molar-refractivity contribution in [3.63, 3.8) is 0 Å². The topological polar surface area (TPSA) is 75.1 Å². The van der Waals surface area contributed by atoms with Gasteiger partial charge in [0, 0.05) is 5.69 Å². The van der Waals surface area contributed by atoms with Crippen molar-refractivity contribution in [2.45, 2.75) is 26.4 Å². The molecular weight excluding hydrogens is 262 g/mol. The Kier molecular flexibility index (Phi) is 4.59. The molecule has 0 atom stereocenters. The van der Waals surface area contributed by atoms with Gasteiger partial charge < -0.3 is 10.4 Å². The van der Waals surface area contributed by atoms with Crippen LogP contribution in [-0.2, 0) is 13.0 Å². The molecule has 0 unspecified atom stereocenters. The Morgan fingerprint density at radius 3 is 3.05 bits per heavy atom. The zero-order chi connectivity index (χ0) is 13.7. The van der Waals surface area contributed by atoms with Gasteiger partial charge in [-0.05, 0) is 35.6 Å². The number of nitrogens with zero attached hydrogens (tertiary/aromatic N) is 2. The van der Waals surface area contributed by atoms with Crippen molar-refractivity contribution >= 4 is 23.1 Å². The molecule has 0 saturated carbocycles. The number of hydrogen-bond acceptors (Lipinski definition) is 5. The summed E-state index contributed by atoms with van der Waals surface area (Å²) in [6, 6.07) is 7.11. The molecule has 0 aliphatic carbocycles. The first-order valence-corrected chi connectivity index (χ1v) is 6.84. The lowest BCUT2D eigenvalue weighted by molar-refractivity contribution is 0.102. The minimum Gasteiger partial charge on any atom is -0.392 e. The van der Waals surface area contributed by atoms with Crippen LogP contribution in [0, 0.1) is 0 Å². The van der Waals surface area contributed by atoms with Crippen molar-refractivity contribution in [2.24, 2.45) is 0 Å². The Balaban J connectivity index is 2.13. The summed E-state index contributed by atoms with van der Waals surface area (Å²) in [7, 11) is 0. The predicted octanol–water partition coefficient (Wildman–Crippen LogP) is 2.24. The number of anilines is 1. The molecule has 0 aliphatic heterocycles. The number of aromatic nitrogens is 2. The molecule has 100 valence electrons. The van der Waals surface area contributed by atoms with E-state index in [2.05, 4.69) is 14.9 Å². The fourth-order valence-corrected chi connectivity index (χ4v) is 2.32. The Labute approximate surface area is 115 Å². The van der Waals surface area contributed by atoms with E-state index in [0.29, 0.717) is 10.6 Å². The van der Waals surface area contributed by atoms with Crippen molar-refractivity contribution in [3.05, 3.63) is 40.4 Å². The molecule has 0 spiro atoms. The average Bonchev–Trinajstić information content (AvgIpc) is 2.88. The first kappa shape index (κ1) is 13.6. The molecular formula is C13H15N3O2S. The number of nitrogens with one attached hydrogen (secondary N) is 1. The van der Waals surface area contributed by atoms with E-state index in [-0.39, 0.29) is 12.5 Å². The van der Waals surface area contributed by atoms with Gasteiger partial charge in [-0.25, -0.2) is 0 Å². The lowest BCUT2D eigenvalue weighted by Gasteiger charge is -2.05. The first-order chi connectivity index (χ1) is 9.24. The van der Waals surface area contributed by atoms with Gasteiger partial charge >= 0.3 is 0 Å². The third-order valence-corrected chi connectivity index (χ3v) is 3.38. The number of carbonyl (C=O) groups excluding carboxylic acids is 1. The standard InChI is InChI=1S/C13H15N3O2S/c1-2-4-11-12(19-16-15-11)13(18)14-10-6-3-5-9(7-10)8-17/h3,5-7,17H,2,4,8H2,1H3,(H,14,18). The van der Waals surface area contributed by atoms with E-state index in [1.165, 1.54) is 0 Å². The van der Waals surface area contributed by atoms with E-state index in [4.69, 9.17) is 5.11 Å². The lowest BCUT2D eigenvalue weighted by Crippen LogP contribution is -2.12. The Bertz CT molecular complexity index is 569. The maximum atomic E-state index is 12.1. The molecule has 1 amide bonds. The SMILES string of the molecule is CCCc1nnsc1C(=O)Nc1cccc(CO)c1. The van der Waals surface area contributed by atoms with Crippen LogP contribution in [0.2, 0.25) is 0 Å². The van der Waals surface area contributed by atoms with Crippen molar-refractivity contribution in [1.29, 1.82) is 0 Å². The van der Waals surface area contributed by atoms with Crippen LogP contribution in [0.1, 0.15) is 34.3 Å². The Hall–Kier alpha value is -1.79.